The number of rotatable bonds is 8. The smallest absolute Gasteiger partial charge is 0.311 e. The van der Waals surface area contributed by atoms with Crippen LogP contribution in [0.1, 0.15) is 39.2 Å². The van der Waals surface area contributed by atoms with Crippen molar-refractivity contribution < 1.29 is 14.0 Å². The van der Waals surface area contributed by atoms with Crippen molar-refractivity contribution in [2.45, 2.75) is 40.2 Å². The number of carbonyl (C=O) groups is 1. The molecule has 0 saturated heterocycles. The zero-order chi connectivity index (χ0) is 15.9. The van der Waals surface area contributed by atoms with Gasteiger partial charge in [-0.25, -0.2) is 0 Å². The van der Waals surface area contributed by atoms with Crippen LogP contribution in [0.2, 0.25) is 0 Å². The molecule has 0 fully saturated rings. The summed E-state index contributed by atoms with van der Waals surface area (Å²) in [5.41, 5.74) is 0.973. The van der Waals surface area contributed by atoms with Crippen LogP contribution in [0.4, 0.5) is 0 Å². The van der Waals surface area contributed by atoms with E-state index in [9.17, 15) is 4.79 Å². The summed E-state index contributed by atoms with van der Waals surface area (Å²) < 4.78 is 6.30. The second-order valence-corrected chi connectivity index (χ2v) is 7.03. The third-order valence-electron chi connectivity index (χ3n) is 4.03. The molecule has 0 heterocycles. The van der Waals surface area contributed by atoms with Crippen LogP contribution in [-0.4, -0.2) is 37.7 Å². The topological polar surface area (TPSA) is 26.3 Å². The molecule has 1 rings (SSSR count). The lowest BCUT2D eigenvalue weighted by molar-refractivity contribution is -0.903. The van der Waals surface area contributed by atoms with Crippen LogP contribution in [-0.2, 0) is 16.1 Å². The van der Waals surface area contributed by atoms with Crippen molar-refractivity contribution in [1.29, 1.82) is 0 Å². The Morgan fingerprint density at radius 1 is 1.19 bits per heavy atom. The molecule has 0 amide bonds. The van der Waals surface area contributed by atoms with Gasteiger partial charge in [0, 0.05) is 12.0 Å². The fraction of sp³-hybridized carbons (Fsp3) is 0.611. The van der Waals surface area contributed by atoms with Crippen molar-refractivity contribution in [3.05, 3.63) is 35.9 Å². The summed E-state index contributed by atoms with van der Waals surface area (Å²) in [6.07, 6.45) is 1.70. The summed E-state index contributed by atoms with van der Waals surface area (Å²) in [5.74, 6) is -0.0848. The minimum Gasteiger partial charge on any atom is -0.465 e. The molecular formula is C18H30NO2+. The fourth-order valence-electron chi connectivity index (χ4n) is 2.15. The lowest BCUT2D eigenvalue weighted by atomic mass is 9.91. The first-order valence-corrected chi connectivity index (χ1v) is 7.80. The van der Waals surface area contributed by atoms with Gasteiger partial charge in [-0.3, -0.25) is 4.79 Å². The van der Waals surface area contributed by atoms with Crippen LogP contribution in [0.25, 0.3) is 0 Å². The molecular weight excluding hydrogens is 262 g/mol. The molecule has 3 heteroatoms. The largest absolute Gasteiger partial charge is 0.465 e. The van der Waals surface area contributed by atoms with Crippen molar-refractivity contribution in [2.75, 3.05) is 27.2 Å². The highest BCUT2D eigenvalue weighted by molar-refractivity contribution is 5.75. The van der Waals surface area contributed by atoms with Crippen LogP contribution in [0.3, 0.4) is 0 Å². The second kappa shape index (κ2) is 7.60. The van der Waals surface area contributed by atoms with Crippen molar-refractivity contribution in [3.8, 4) is 0 Å². The molecule has 0 radical (unpaired) electrons. The van der Waals surface area contributed by atoms with Crippen LogP contribution < -0.4 is 0 Å². The van der Waals surface area contributed by atoms with E-state index in [1.54, 1.807) is 0 Å². The lowest BCUT2D eigenvalue weighted by Crippen LogP contribution is -2.40. The highest BCUT2D eigenvalue weighted by Crippen LogP contribution is 2.21. The normalized spacial score (nSPS) is 12.2. The molecule has 0 N–H and O–H groups in total. The van der Waals surface area contributed by atoms with Gasteiger partial charge in [-0.1, -0.05) is 37.3 Å². The Balaban J connectivity index is 2.33. The fourth-order valence-corrected chi connectivity index (χ4v) is 2.15. The van der Waals surface area contributed by atoms with Crippen LogP contribution in [0.5, 0.6) is 0 Å². The number of ether oxygens (including phenoxy) is 1. The zero-order valence-corrected chi connectivity index (χ0v) is 14.2. The quantitative estimate of drug-likeness (QED) is 0.415. The SMILES string of the molecule is CCC(C)(C)C(=O)OCCC[N+](C)(C)Cc1ccccc1. The van der Waals surface area contributed by atoms with Gasteiger partial charge in [-0.05, 0) is 20.3 Å². The summed E-state index contributed by atoms with van der Waals surface area (Å²) in [6.45, 7) is 8.39. The predicted octanol–water partition coefficient (Wildman–Crippen LogP) is 3.63. The van der Waals surface area contributed by atoms with Crippen molar-refractivity contribution in [1.82, 2.24) is 0 Å². The molecule has 3 nitrogen and oxygen atoms in total. The van der Waals surface area contributed by atoms with E-state index in [1.807, 2.05) is 26.8 Å². The maximum Gasteiger partial charge on any atom is 0.311 e. The Morgan fingerprint density at radius 3 is 2.38 bits per heavy atom. The minimum atomic E-state index is -0.367. The highest BCUT2D eigenvalue weighted by atomic mass is 16.5. The highest BCUT2D eigenvalue weighted by Gasteiger charge is 2.27. The first-order valence-electron chi connectivity index (χ1n) is 7.80. The van der Waals surface area contributed by atoms with Gasteiger partial charge < -0.3 is 9.22 Å². The molecule has 0 aliphatic carbocycles. The molecule has 0 aliphatic rings. The zero-order valence-electron chi connectivity index (χ0n) is 14.2. The summed E-state index contributed by atoms with van der Waals surface area (Å²) in [4.78, 5) is 11.9. The molecule has 0 bridgehead atoms. The van der Waals surface area contributed by atoms with Gasteiger partial charge in [0.25, 0.3) is 0 Å². The third-order valence-corrected chi connectivity index (χ3v) is 4.03. The van der Waals surface area contributed by atoms with Gasteiger partial charge in [-0.2, -0.15) is 0 Å². The molecule has 0 unspecified atom stereocenters. The van der Waals surface area contributed by atoms with E-state index in [0.717, 1.165) is 30.4 Å². The van der Waals surface area contributed by atoms with Crippen molar-refractivity contribution >= 4 is 5.97 Å². The Kier molecular flexibility index (Phi) is 6.41. The predicted molar refractivity (Wildman–Crippen MR) is 86.8 cm³/mol. The summed E-state index contributed by atoms with van der Waals surface area (Å²) in [7, 11) is 4.43. The number of esters is 1. The third kappa shape index (κ3) is 6.30. The summed E-state index contributed by atoms with van der Waals surface area (Å²) >= 11 is 0. The second-order valence-electron chi connectivity index (χ2n) is 7.03. The van der Waals surface area contributed by atoms with E-state index >= 15 is 0 Å². The molecule has 0 atom stereocenters. The van der Waals surface area contributed by atoms with Crippen LogP contribution in [0, 0.1) is 5.41 Å². The maximum absolute atomic E-state index is 11.9. The van der Waals surface area contributed by atoms with Gasteiger partial charge >= 0.3 is 5.97 Å². The Hall–Kier alpha value is -1.35. The van der Waals surface area contributed by atoms with Gasteiger partial charge in [0.1, 0.15) is 6.54 Å². The Morgan fingerprint density at radius 2 is 1.81 bits per heavy atom. The number of carbonyl (C=O) groups excluding carboxylic acids is 1. The molecule has 0 aliphatic heterocycles. The number of hydrogen-bond donors (Lipinski definition) is 0. The summed E-state index contributed by atoms with van der Waals surface area (Å²) in [5, 5.41) is 0. The monoisotopic (exact) mass is 292 g/mol. The Bertz CT molecular complexity index is 438. The number of hydrogen-bond acceptors (Lipinski definition) is 2. The molecule has 118 valence electrons. The standard InChI is InChI=1S/C18H30NO2/c1-6-18(2,3)17(20)21-14-10-13-19(4,5)15-16-11-8-7-9-12-16/h7-9,11-12H,6,10,13-15H2,1-5H3/q+1. The average molecular weight is 292 g/mol. The lowest BCUT2D eigenvalue weighted by Gasteiger charge is -2.30. The van der Waals surface area contributed by atoms with Gasteiger partial charge in [0.15, 0.2) is 0 Å². The molecule has 0 spiro atoms. The summed E-state index contributed by atoms with van der Waals surface area (Å²) in [6, 6.07) is 10.5. The maximum atomic E-state index is 11.9. The van der Waals surface area contributed by atoms with Crippen LogP contribution >= 0.6 is 0 Å². The molecule has 1 aromatic carbocycles. The first kappa shape index (κ1) is 17.7. The molecule has 21 heavy (non-hydrogen) atoms. The van der Waals surface area contributed by atoms with E-state index in [1.165, 1.54) is 5.56 Å². The average Bonchev–Trinajstić information content (AvgIpc) is 2.44. The van der Waals surface area contributed by atoms with E-state index in [0.29, 0.717) is 6.61 Å². The van der Waals surface area contributed by atoms with Crippen molar-refractivity contribution in [2.24, 2.45) is 5.41 Å². The van der Waals surface area contributed by atoms with Gasteiger partial charge in [-0.15, -0.1) is 0 Å². The number of benzene rings is 1. The van der Waals surface area contributed by atoms with Gasteiger partial charge in [0.05, 0.1) is 32.7 Å². The van der Waals surface area contributed by atoms with E-state index in [-0.39, 0.29) is 11.4 Å². The van der Waals surface area contributed by atoms with Crippen LogP contribution in [0.15, 0.2) is 30.3 Å². The Labute approximate surface area is 129 Å². The van der Waals surface area contributed by atoms with Gasteiger partial charge in [0.2, 0.25) is 0 Å². The minimum absolute atomic E-state index is 0.0848. The van der Waals surface area contributed by atoms with E-state index in [4.69, 9.17) is 4.74 Å². The van der Waals surface area contributed by atoms with E-state index < -0.39 is 0 Å². The van der Waals surface area contributed by atoms with Crippen molar-refractivity contribution in [3.63, 3.8) is 0 Å². The first-order chi connectivity index (χ1) is 9.77. The molecule has 0 saturated carbocycles. The number of nitrogens with zero attached hydrogens (tertiary/aromatic N) is 1. The molecule has 1 aromatic rings. The number of quaternary nitrogens is 1. The van der Waals surface area contributed by atoms with E-state index in [2.05, 4.69) is 38.4 Å². The molecule has 0 aromatic heterocycles.